The van der Waals surface area contributed by atoms with Crippen LogP contribution in [0.15, 0.2) is 42.7 Å². The summed E-state index contributed by atoms with van der Waals surface area (Å²) in [6, 6.07) is 9.33. The minimum absolute atomic E-state index is 0.248. The summed E-state index contributed by atoms with van der Waals surface area (Å²) in [7, 11) is 3.25. The summed E-state index contributed by atoms with van der Waals surface area (Å²) in [6.45, 7) is 0. The van der Waals surface area contributed by atoms with Crippen molar-refractivity contribution in [1.29, 1.82) is 0 Å². The highest BCUT2D eigenvalue weighted by molar-refractivity contribution is 5.37. The number of methoxy groups -OCH3 is 2. The van der Waals surface area contributed by atoms with Crippen molar-refractivity contribution in [3.05, 3.63) is 53.9 Å². The van der Waals surface area contributed by atoms with Gasteiger partial charge in [0.2, 0.25) is 0 Å². The van der Waals surface area contributed by atoms with E-state index in [9.17, 15) is 0 Å². The summed E-state index contributed by atoms with van der Waals surface area (Å²) in [5.41, 5.74) is 8.09. The highest BCUT2D eigenvalue weighted by Crippen LogP contribution is 2.24. The number of pyridine rings is 1. The molecule has 0 amide bonds. The molecule has 18 heavy (non-hydrogen) atoms. The Bertz CT molecular complexity index is 481. The molecule has 4 heteroatoms. The molecule has 1 heterocycles. The number of nitrogens with zero attached hydrogens (tertiary/aromatic N) is 1. The van der Waals surface area contributed by atoms with Gasteiger partial charge >= 0.3 is 0 Å². The Hall–Kier alpha value is -2.07. The lowest BCUT2D eigenvalue weighted by Crippen LogP contribution is -2.12. The molecule has 2 aromatic rings. The molecule has 4 nitrogen and oxygen atoms in total. The van der Waals surface area contributed by atoms with Gasteiger partial charge in [-0.1, -0.05) is 12.1 Å². The average molecular weight is 244 g/mol. The maximum atomic E-state index is 6.21. The molecule has 0 bridgehead atoms. The molecule has 1 aromatic heterocycles. The molecule has 0 saturated heterocycles. The van der Waals surface area contributed by atoms with Crippen molar-refractivity contribution in [1.82, 2.24) is 4.98 Å². The largest absolute Gasteiger partial charge is 0.497 e. The zero-order valence-electron chi connectivity index (χ0n) is 10.5. The van der Waals surface area contributed by atoms with E-state index in [1.165, 1.54) is 0 Å². The SMILES string of the molecule is COc1cccc(C(N)c2cncc(OC)c2)c1. The van der Waals surface area contributed by atoms with Gasteiger partial charge in [0.15, 0.2) is 0 Å². The van der Waals surface area contributed by atoms with Crippen molar-refractivity contribution >= 4 is 0 Å². The molecular weight excluding hydrogens is 228 g/mol. The van der Waals surface area contributed by atoms with E-state index < -0.39 is 0 Å². The third-order valence-corrected chi connectivity index (χ3v) is 2.78. The number of aromatic nitrogens is 1. The van der Waals surface area contributed by atoms with E-state index in [0.717, 1.165) is 16.9 Å². The van der Waals surface area contributed by atoms with E-state index in [0.29, 0.717) is 5.75 Å². The smallest absolute Gasteiger partial charge is 0.137 e. The summed E-state index contributed by atoms with van der Waals surface area (Å²) >= 11 is 0. The summed E-state index contributed by atoms with van der Waals surface area (Å²) < 4.78 is 10.3. The normalized spacial score (nSPS) is 11.9. The molecule has 1 unspecified atom stereocenters. The number of hydrogen-bond donors (Lipinski definition) is 1. The molecule has 2 rings (SSSR count). The highest BCUT2D eigenvalue weighted by atomic mass is 16.5. The number of benzene rings is 1. The Morgan fingerprint density at radius 1 is 1.00 bits per heavy atom. The summed E-state index contributed by atoms with van der Waals surface area (Å²) in [5, 5.41) is 0. The first-order valence-corrected chi connectivity index (χ1v) is 5.63. The first kappa shape index (κ1) is 12.4. The molecule has 0 spiro atoms. The Morgan fingerprint density at radius 2 is 1.72 bits per heavy atom. The van der Waals surface area contributed by atoms with Crippen LogP contribution in [-0.2, 0) is 0 Å². The van der Waals surface area contributed by atoms with Crippen molar-refractivity contribution in [2.45, 2.75) is 6.04 Å². The lowest BCUT2D eigenvalue weighted by Gasteiger charge is -2.14. The second kappa shape index (κ2) is 5.51. The van der Waals surface area contributed by atoms with Gasteiger partial charge in [0.1, 0.15) is 11.5 Å². The Labute approximate surface area is 106 Å². The van der Waals surface area contributed by atoms with Crippen LogP contribution in [-0.4, -0.2) is 19.2 Å². The second-order valence-corrected chi connectivity index (χ2v) is 3.91. The molecule has 2 N–H and O–H groups in total. The molecule has 94 valence electrons. The van der Waals surface area contributed by atoms with E-state index in [4.69, 9.17) is 15.2 Å². The first-order chi connectivity index (χ1) is 8.74. The number of ether oxygens (including phenoxy) is 2. The van der Waals surface area contributed by atoms with Crippen molar-refractivity contribution in [3.8, 4) is 11.5 Å². The van der Waals surface area contributed by atoms with Gasteiger partial charge in [0.05, 0.1) is 26.5 Å². The fourth-order valence-electron chi connectivity index (χ4n) is 1.74. The van der Waals surface area contributed by atoms with Crippen LogP contribution in [0.5, 0.6) is 11.5 Å². The van der Waals surface area contributed by atoms with Gasteiger partial charge in [-0.05, 0) is 29.3 Å². The third kappa shape index (κ3) is 2.60. The molecule has 0 aliphatic rings. The molecule has 0 fully saturated rings. The minimum Gasteiger partial charge on any atom is -0.497 e. The molecule has 1 aromatic carbocycles. The quantitative estimate of drug-likeness (QED) is 0.895. The lowest BCUT2D eigenvalue weighted by molar-refractivity contribution is 0.411. The van der Waals surface area contributed by atoms with Crippen molar-refractivity contribution in [2.24, 2.45) is 5.73 Å². The van der Waals surface area contributed by atoms with Crippen LogP contribution in [0.25, 0.3) is 0 Å². The molecule has 1 atom stereocenters. The lowest BCUT2D eigenvalue weighted by atomic mass is 10.0. The third-order valence-electron chi connectivity index (χ3n) is 2.78. The Balaban J connectivity index is 2.31. The van der Waals surface area contributed by atoms with Gasteiger partial charge in [0, 0.05) is 6.20 Å². The maximum Gasteiger partial charge on any atom is 0.137 e. The van der Waals surface area contributed by atoms with Gasteiger partial charge in [-0.15, -0.1) is 0 Å². The fourth-order valence-corrected chi connectivity index (χ4v) is 1.74. The van der Waals surface area contributed by atoms with Crippen LogP contribution >= 0.6 is 0 Å². The van der Waals surface area contributed by atoms with E-state index >= 15 is 0 Å². The van der Waals surface area contributed by atoms with Crippen molar-refractivity contribution in [3.63, 3.8) is 0 Å². The van der Waals surface area contributed by atoms with Gasteiger partial charge in [-0.2, -0.15) is 0 Å². The molecule has 0 aliphatic heterocycles. The molecular formula is C14H16N2O2. The zero-order valence-corrected chi connectivity index (χ0v) is 10.5. The van der Waals surface area contributed by atoms with Crippen molar-refractivity contribution in [2.75, 3.05) is 14.2 Å². The summed E-state index contributed by atoms with van der Waals surface area (Å²) in [5.74, 6) is 1.49. The van der Waals surface area contributed by atoms with Crippen LogP contribution in [0.1, 0.15) is 17.2 Å². The summed E-state index contributed by atoms with van der Waals surface area (Å²) in [6.07, 6.45) is 3.40. The van der Waals surface area contributed by atoms with Gasteiger partial charge in [-0.3, -0.25) is 4.98 Å². The Kier molecular flexibility index (Phi) is 3.79. The van der Waals surface area contributed by atoms with E-state index in [2.05, 4.69) is 4.98 Å². The van der Waals surface area contributed by atoms with Crippen molar-refractivity contribution < 1.29 is 9.47 Å². The van der Waals surface area contributed by atoms with Crippen LogP contribution in [0.4, 0.5) is 0 Å². The van der Waals surface area contributed by atoms with E-state index in [-0.39, 0.29) is 6.04 Å². The second-order valence-electron chi connectivity index (χ2n) is 3.91. The number of rotatable bonds is 4. The van der Waals surface area contributed by atoms with Crippen LogP contribution < -0.4 is 15.2 Å². The highest BCUT2D eigenvalue weighted by Gasteiger charge is 2.10. The predicted octanol–water partition coefficient (Wildman–Crippen LogP) is 2.15. The average Bonchev–Trinajstić information content (AvgIpc) is 2.46. The van der Waals surface area contributed by atoms with Gasteiger partial charge in [-0.25, -0.2) is 0 Å². The standard InChI is InChI=1S/C14H16N2O2/c1-17-12-5-3-4-10(6-12)14(15)11-7-13(18-2)9-16-8-11/h3-9,14H,15H2,1-2H3. The number of hydrogen-bond acceptors (Lipinski definition) is 4. The van der Waals surface area contributed by atoms with E-state index in [1.54, 1.807) is 26.6 Å². The van der Waals surface area contributed by atoms with E-state index in [1.807, 2.05) is 30.3 Å². The molecule has 0 saturated carbocycles. The maximum absolute atomic E-state index is 6.21. The molecule has 0 radical (unpaired) electrons. The van der Waals surface area contributed by atoms with Crippen LogP contribution in [0, 0.1) is 0 Å². The minimum atomic E-state index is -0.248. The molecule has 0 aliphatic carbocycles. The van der Waals surface area contributed by atoms with Gasteiger partial charge < -0.3 is 15.2 Å². The zero-order chi connectivity index (χ0) is 13.0. The van der Waals surface area contributed by atoms with Gasteiger partial charge in [0.25, 0.3) is 0 Å². The fraction of sp³-hybridized carbons (Fsp3) is 0.214. The topological polar surface area (TPSA) is 57.4 Å². The monoisotopic (exact) mass is 244 g/mol. The first-order valence-electron chi connectivity index (χ1n) is 5.63. The summed E-state index contributed by atoms with van der Waals surface area (Å²) in [4.78, 5) is 4.11. The number of nitrogens with two attached hydrogens (primary N) is 1. The predicted molar refractivity (Wildman–Crippen MR) is 69.8 cm³/mol. The Morgan fingerprint density at radius 3 is 2.44 bits per heavy atom. The van der Waals surface area contributed by atoms with Crippen LogP contribution in [0.2, 0.25) is 0 Å². The van der Waals surface area contributed by atoms with Crippen LogP contribution in [0.3, 0.4) is 0 Å².